The molecule has 3 unspecified atom stereocenters. The van der Waals surface area contributed by atoms with Crippen molar-refractivity contribution >= 4 is 19.9 Å². The maximum Gasteiger partial charge on any atom is 0.217 e. The minimum absolute atomic E-state index is 0.00986. The van der Waals surface area contributed by atoms with Crippen LogP contribution in [0, 0.1) is 11.8 Å². The molecule has 3 aliphatic heterocycles. The second-order valence-electron chi connectivity index (χ2n) is 6.52. The van der Waals surface area contributed by atoms with Crippen LogP contribution in [0.5, 0.6) is 0 Å². The molecule has 3 fully saturated rings. The Morgan fingerprint density at radius 3 is 2.48 bits per heavy atom. The fourth-order valence-corrected chi connectivity index (χ4v) is 8.23. The molecular weight excluding hydrogens is 312 g/mol. The summed E-state index contributed by atoms with van der Waals surface area (Å²) in [5.41, 5.74) is 0. The molecule has 0 aromatic heterocycles. The van der Waals surface area contributed by atoms with Gasteiger partial charge in [-0.3, -0.25) is 0 Å². The average molecular weight is 336 g/mol. The summed E-state index contributed by atoms with van der Waals surface area (Å²) in [5, 5.41) is 2.84. The molecule has 6 nitrogen and oxygen atoms in total. The van der Waals surface area contributed by atoms with Gasteiger partial charge in [0.05, 0.1) is 16.8 Å². The van der Waals surface area contributed by atoms with Gasteiger partial charge in [-0.2, -0.15) is 4.31 Å². The third-order valence-electron chi connectivity index (χ3n) is 5.34. The van der Waals surface area contributed by atoms with Crippen LogP contribution in [0.2, 0.25) is 0 Å². The van der Waals surface area contributed by atoms with Crippen molar-refractivity contribution in [3.05, 3.63) is 0 Å². The van der Waals surface area contributed by atoms with Gasteiger partial charge in [0.15, 0.2) is 0 Å². The van der Waals surface area contributed by atoms with Crippen LogP contribution >= 0.6 is 0 Å². The minimum atomic E-state index is -3.37. The fourth-order valence-electron chi connectivity index (χ4n) is 4.14. The van der Waals surface area contributed by atoms with Crippen LogP contribution in [0.3, 0.4) is 0 Å². The van der Waals surface area contributed by atoms with Gasteiger partial charge in [0.2, 0.25) is 10.0 Å². The van der Waals surface area contributed by atoms with Gasteiger partial charge in [-0.15, -0.1) is 0 Å². The SMILES string of the molecule is CCC1C2CNCC2CN1S(=O)(=O)C1CCS(=O)(=O)CC1. The molecule has 0 radical (unpaired) electrons. The molecule has 21 heavy (non-hydrogen) atoms. The predicted octanol–water partition coefficient (Wildman–Crippen LogP) is -0.177. The summed E-state index contributed by atoms with van der Waals surface area (Å²) >= 11 is 0. The molecule has 0 aromatic rings. The molecule has 0 bridgehead atoms. The lowest BCUT2D eigenvalue weighted by Gasteiger charge is -2.31. The zero-order valence-corrected chi connectivity index (χ0v) is 14.0. The molecule has 0 saturated carbocycles. The fraction of sp³-hybridized carbons (Fsp3) is 1.00. The second kappa shape index (κ2) is 5.47. The summed E-state index contributed by atoms with van der Waals surface area (Å²) in [6, 6.07) is 0.0773. The summed E-state index contributed by atoms with van der Waals surface area (Å²) in [4.78, 5) is 0. The number of rotatable bonds is 3. The Labute approximate surface area is 127 Å². The van der Waals surface area contributed by atoms with E-state index in [9.17, 15) is 16.8 Å². The molecule has 0 aliphatic carbocycles. The maximum atomic E-state index is 12.9. The molecule has 0 amide bonds. The maximum absolute atomic E-state index is 12.9. The van der Waals surface area contributed by atoms with E-state index in [0.717, 1.165) is 19.5 Å². The van der Waals surface area contributed by atoms with E-state index in [2.05, 4.69) is 5.32 Å². The van der Waals surface area contributed by atoms with Crippen LogP contribution in [0.25, 0.3) is 0 Å². The van der Waals surface area contributed by atoms with Crippen molar-refractivity contribution in [2.75, 3.05) is 31.1 Å². The van der Waals surface area contributed by atoms with Gasteiger partial charge < -0.3 is 5.32 Å². The number of nitrogens with zero attached hydrogens (tertiary/aromatic N) is 1. The summed E-state index contributed by atoms with van der Waals surface area (Å²) < 4.78 is 50.5. The molecule has 1 N–H and O–H groups in total. The van der Waals surface area contributed by atoms with Gasteiger partial charge in [-0.1, -0.05) is 6.92 Å². The zero-order valence-electron chi connectivity index (χ0n) is 12.4. The van der Waals surface area contributed by atoms with Gasteiger partial charge >= 0.3 is 0 Å². The Morgan fingerprint density at radius 1 is 1.19 bits per heavy atom. The highest BCUT2D eigenvalue weighted by Gasteiger charge is 2.50. The van der Waals surface area contributed by atoms with Gasteiger partial charge in [0.1, 0.15) is 9.84 Å². The lowest BCUT2D eigenvalue weighted by molar-refractivity contribution is 0.324. The molecule has 3 heterocycles. The first kappa shape index (κ1) is 15.7. The largest absolute Gasteiger partial charge is 0.316 e. The van der Waals surface area contributed by atoms with E-state index in [1.807, 2.05) is 6.92 Å². The Kier molecular flexibility index (Phi) is 4.09. The predicted molar refractivity (Wildman–Crippen MR) is 81.2 cm³/mol. The van der Waals surface area contributed by atoms with Crippen LogP contribution in [0.15, 0.2) is 0 Å². The summed E-state index contributed by atoms with van der Waals surface area (Å²) in [6.07, 6.45) is 1.34. The molecule has 3 saturated heterocycles. The zero-order chi connectivity index (χ0) is 15.3. The average Bonchev–Trinajstić information content (AvgIpc) is 2.97. The Hall–Kier alpha value is -0.180. The van der Waals surface area contributed by atoms with Crippen molar-refractivity contribution in [3.63, 3.8) is 0 Å². The molecule has 0 aromatic carbocycles. The number of fused-ring (bicyclic) bond motifs is 1. The molecular formula is C13H24N2O4S2. The van der Waals surface area contributed by atoms with Crippen LogP contribution in [-0.4, -0.2) is 63.6 Å². The molecule has 122 valence electrons. The second-order valence-corrected chi connectivity index (χ2v) is 11.0. The van der Waals surface area contributed by atoms with Crippen molar-refractivity contribution < 1.29 is 16.8 Å². The van der Waals surface area contributed by atoms with E-state index in [-0.39, 0.29) is 30.4 Å². The first-order chi connectivity index (χ1) is 9.85. The smallest absolute Gasteiger partial charge is 0.217 e. The molecule has 3 aliphatic rings. The van der Waals surface area contributed by atoms with E-state index in [1.54, 1.807) is 4.31 Å². The summed E-state index contributed by atoms with van der Waals surface area (Å²) in [5.74, 6) is 0.848. The standard InChI is InChI=1S/C13H24N2O4S2/c1-2-13-12-8-14-7-10(12)9-15(13)21(18,19)11-3-5-20(16,17)6-4-11/h10-14H,2-9H2,1H3. The lowest BCUT2D eigenvalue weighted by atomic mass is 9.93. The Balaban J connectivity index is 1.79. The third kappa shape index (κ3) is 2.75. The quantitative estimate of drug-likeness (QED) is 0.773. The van der Waals surface area contributed by atoms with Crippen LogP contribution in [0.1, 0.15) is 26.2 Å². The number of nitrogens with one attached hydrogen (secondary N) is 1. The van der Waals surface area contributed by atoms with Crippen LogP contribution < -0.4 is 5.32 Å². The van der Waals surface area contributed by atoms with E-state index < -0.39 is 25.1 Å². The Morgan fingerprint density at radius 2 is 1.86 bits per heavy atom. The number of sulfonamides is 1. The normalized spacial score (nSPS) is 37.7. The van der Waals surface area contributed by atoms with Crippen molar-refractivity contribution in [1.82, 2.24) is 9.62 Å². The number of sulfone groups is 1. The van der Waals surface area contributed by atoms with Crippen molar-refractivity contribution in [2.45, 2.75) is 37.5 Å². The van der Waals surface area contributed by atoms with Gasteiger partial charge in [0, 0.05) is 12.6 Å². The topological polar surface area (TPSA) is 83.6 Å². The van der Waals surface area contributed by atoms with Gasteiger partial charge in [0.25, 0.3) is 0 Å². The number of hydrogen-bond acceptors (Lipinski definition) is 5. The van der Waals surface area contributed by atoms with Crippen molar-refractivity contribution in [2.24, 2.45) is 11.8 Å². The van der Waals surface area contributed by atoms with E-state index in [4.69, 9.17) is 0 Å². The highest BCUT2D eigenvalue weighted by Crippen LogP contribution is 2.38. The van der Waals surface area contributed by atoms with Crippen molar-refractivity contribution in [1.29, 1.82) is 0 Å². The summed E-state index contributed by atoms with van der Waals surface area (Å²) in [7, 11) is -6.40. The van der Waals surface area contributed by atoms with E-state index in [1.165, 1.54) is 0 Å². The van der Waals surface area contributed by atoms with E-state index >= 15 is 0 Å². The first-order valence-corrected chi connectivity index (χ1v) is 11.1. The van der Waals surface area contributed by atoms with Crippen molar-refractivity contribution in [3.8, 4) is 0 Å². The Bertz CT molecular complexity index is 588. The van der Waals surface area contributed by atoms with Gasteiger partial charge in [-0.05, 0) is 44.2 Å². The molecule has 3 rings (SSSR count). The monoisotopic (exact) mass is 336 g/mol. The van der Waals surface area contributed by atoms with E-state index in [0.29, 0.717) is 18.4 Å². The lowest BCUT2D eigenvalue weighted by Crippen LogP contribution is -2.46. The summed E-state index contributed by atoms with van der Waals surface area (Å²) in [6.45, 7) is 4.43. The first-order valence-electron chi connectivity index (χ1n) is 7.77. The van der Waals surface area contributed by atoms with Crippen LogP contribution in [-0.2, 0) is 19.9 Å². The minimum Gasteiger partial charge on any atom is -0.316 e. The highest BCUT2D eigenvalue weighted by atomic mass is 32.2. The van der Waals surface area contributed by atoms with Crippen LogP contribution in [0.4, 0.5) is 0 Å². The third-order valence-corrected chi connectivity index (χ3v) is 9.44. The highest BCUT2D eigenvalue weighted by molar-refractivity contribution is 7.92. The molecule has 0 spiro atoms. The molecule has 8 heteroatoms. The number of hydrogen-bond donors (Lipinski definition) is 1. The van der Waals surface area contributed by atoms with Gasteiger partial charge in [-0.25, -0.2) is 16.8 Å². The molecule has 3 atom stereocenters.